The summed E-state index contributed by atoms with van der Waals surface area (Å²) in [5, 5.41) is 24.2. The van der Waals surface area contributed by atoms with Gasteiger partial charge in [-0.05, 0) is 12.1 Å². The van der Waals surface area contributed by atoms with E-state index in [9.17, 15) is 23.3 Å². The summed E-state index contributed by atoms with van der Waals surface area (Å²) in [5.74, 6) is -0.874. The molecule has 1 aromatic rings. The number of sulfonamides is 1. The molecule has 8 nitrogen and oxygen atoms in total. The Morgan fingerprint density at radius 2 is 2.11 bits per heavy atom. The summed E-state index contributed by atoms with van der Waals surface area (Å²) in [4.78, 5) is 20.3. The molecule has 0 atom stereocenters. The Kier molecular flexibility index (Phi) is 4.86. The van der Waals surface area contributed by atoms with E-state index < -0.39 is 26.6 Å². The summed E-state index contributed by atoms with van der Waals surface area (Å²) in [5.41, 5.74) is -0.415. The third-order valence-corrected chi connectivity index (χ3v) is 4.00. The van der Waals surface area contributed by atoms with E-state index in [0.29, 0.717) is 0 Å². The van der Waals surface area contributed by atoms with Crippen LogP contribution in [0.25, 0.3) is 0 Å². The lowest BCUT2D eigenvalue weighted by atomic mass is 10.3. The minimum atomic E-state index is -4.02. The molecule has 3 N–H and O–H groups in total. The fraction of sp³-hybridized carbons (Fsp3) is 0.222. The van der Waals surface area contributed by atoms with Gasteiger partial charge < -0.3 is 5.11 Å². The first-order valence-electron chi connectivity index (χ1n) is 4.87. The van der Waals surface area contributed by atoms with E-state index in [4.69, 9.17) is 10.2 Å². The van der Waals surface area contributed by atoms with Gasteiger partial charge in [-0.25, -0.2) is 13.6 Å². The normalized spacial score (nSPS) is 11.2. The SMILES string of the molecule is NS(=O)(=O)c1ccc(SCCC(=O)O)c([N+](=O)[O-])c1. The summed E-state index contributed by atoms with van der Waals surface area (Å²) in [6, 6.07) is 3.24. The molecule has 104 valence electrons. The highest BCUT2D eigenvalue weighted by Gasteiger charge is 2.19. The second kappa shape index (κ2) is 5.99. The van der Waals surface area contributed by atoms with Gasteiger partial charge in [0.2, 0.25) is 10.0 Å². The van der Waals surface area contributed by atoms with Crippen LogP contribution in [0.2, 0.25) is 0 Å². The van der Waals surface area contributed by atoms with Crippen molar-refractivity contribution in [3.8, 4) is 0 Å². The summed E-state index contributed by atoms with van der Waals surface area (Å²) in [6.45, 7) is 0. The zero-order valence-electron chi connectivity index (χ0n) is 9.48. The number of carboxylic acids is 1. The summed E-state index contributed by atoms with van der Waals surface area (Å²) >= 11 is 0.965. The number of benzene rings is 1. The monoisotopic (exact) mass is 306 g/mol. The van der Waals surface area contributed by atoms with E-state index in [1.807, 2.05) is 0 Å². The van der Waals surface area contributed by atoms with Crippen LogP contribution in [0.1, 0.15) is 6.42 Å². The molecule has 0 saturated carbocycles. The first kappa shape index (κ1) is 15.4. The van der Waals surface area contributed by atoms with Crippen LogP contribution in [0, 0.1) is 10.1 Å². The fourth-order valence-corrected chi connectivity index (χ4v) is 2.66. The maximum absolute atomic E-state index is 11.1. The van der Waals surface area contributed by atoms with Crippen LogP contribution in [0.15, 0.2) is 28.0 Å². The Bertz CT molecular complexity index is 613. The molecule has 1 aromatic carbocycles. The number of nitrogens with zero attached hydrogens (tertiary/aromatic N) is 1. The molecule has 0 radical (unpaired) electrons. The first-order valence-corrected chi connectivity index (χ1v) is 7.41. The molecular weight excluding hydrogens is 296 g/mol. The molecule has 0 spiro atoms. The van der Waals surface area contributed by atoms with Crippen LogP contribution in [-0.2, 0) is 14.8 Å². The van der Waals surface area contributed by atoms with Crippen LogP contribution in [0.4, 0.5) is 5.69 Å². The molecule has 0 bridgehead atoms. The van der Waals surface area contributed by atoms with Crippen molar-refractivity contribution in [1.82, 2.24) is 0 Å². The van der Waals surface area contributed by atoms with Crippen LogP contribution in [0.3, 0.4) is 0 Å². The van der Waals surface area contributed by atoms with Gasteiger partial charge in [-0.2, -0.15) is 0 Å². The Morgan fingerprint density at radius 1 is 1.47 bits per heavy atom. The van der Waals surface area contributed by atoms with Gasteiger partial charge in [-0.3, -0.25) is 14.9 Å². The van der Waals surface area contributed by atoms with Gasteiger partial charge in [0, 0.05) is 11.8 Å². The standard InChI is InChI=1S/C9H10N2O6S2/c10-19(16,17)6-1-2-8(7(5-6)11(14)15)18-4-3-9(12)13/h1-2,5H,3-4H2,(H,12,13)(H2,10,16,17). The van der Waals surface area contributed by atoms with Crippen molar-refractivity contribution in [1.29, 1.82) is 0 Å². The molecule has 0 aliphatic rings. The molecule has 1 rings (SSSR count). The molecule has 0 heterocycles. The maximum Gasteiger partial charge on any atom is 0.304 e. The molecule has 0 aromatic heterocycles. The van der Waals surface area contributed by atoms with E-state index >= 15 is 0 Å². The molecule has 0 unspecified atom stereocenters. The van der Waals surface area contributed by atoms with Crippen LogP contribution < -0.4 is 5.14 Å². The highest BCUT2D eigenvalue weighted by atomic mass is 32.2. The number of hydrogen-bond donors (Lipinski definition) is 2. The van der Waals surface area contributed by atoms with Crippen LogP contribution in [-0.4, -0.2) is 30.2 Å². The Balaban J connectivity index is 3.06. The molecule has 0 aliphatic carbocycles. The number of thioether (sulfide) groups is 1. The van der Waals surface area contributed by atoms with E-state index in [2.05, 4.69) is 0 Å². The highest BCUT2D eigenvalue weighted by molar-refractivity contribution is 7.99. The molecule has 10 heteroatoms. The molecule has 19 heavy (non-hydrogen) atoms. The number of nitro benzene ring substituents is 1. The number of nitro groups is 1. The predicted molar refractivity (Wildman–Crippen MR) is 67.4 cm³/mol. The molecule has 0 saturated heterocycles. The van der Waals surface area contributed by atoms with Crippen molar-refractivity contribution in [2.24, 2.45) is 5.14 Å². The van der Waals surface area contributed by atoms with Crippen molar-refractivity contribution in [3.05, 3.63) is 28.3 Å². The van der Waals surface area contributed by atoms with E-state index in [0.717, 1.165) is 23.9 Å². The smallest absolute Gasteiger partial charge is 0.304 e. The third-order valence-electron chi connectivity index (χ3n) is 2.03. The van der Waals surface area contributed by atoms with E-state index in [1.165, 1.54) is 6.07 Å². The third kappa shape index (κ3) is 4.50. The lowest BCUT2D eigenvalue weighted by Gasteiger charge is -2.04. The Morgan fingerprint density at radius 3 is 2.58 bits per heavy atom. The number of carbonyl (C=O) groups is 1. The largest absolute Gasteiger partial charge is 0.481 e. The number of carboxylic acid groups (broad SMARTS) is 1. The predicted octanol–water partition coefficient (Wildman–Crippen LogP) is 0.809. The minimum absolute atomic E-state index is 0.144. The minimum Gasteiger partial charge on any atom is -0.481 e. The zero-order valence-corrected chi connectivity index (χ0v) is 11.1. The summed E-state index contributed by atoms with van der Waals surface area (Å²) in [6.07, 6.45) is -0.154. The average molecular weight is 306 g/mol. The van der Waals surface area contributed by atoms with Gasteiger partial charge in [0.15, 0.2) is 0 Å². The number of primary sulfonamides is 1. The van der Waals surface area contributed by atoms with Crippen molar-refractivity contribution >= 4 is 33.4 Å². The Labute approximate surface area is 112 Å². The van der Waals surface area contributed by atoms with Crippen molar-refractivity contribution < 1.29 is 23.2 Å². The van der Waals surface area contributed by atoms with Gasteiger partial charge in [0.05, 0.1) is 21.1 Å². The van der Waals surface area contributed by atoms with Gasteiger partial charge >= 0.3 is 5.97 Å². The van der Waals surface area contributed by atoms with Crippen molar-refractivity contribution in [2.45, 2.75) is 16.2 Å². The Hall–Kier alpha value is -1.65. The van der Waals surface area contributed by atoms with Crippen molar-refractivity contribution in [2.75, 3.05) is 5.75 Å². The number of hydrogen-bond acceptors (Lipinski definition) is 6. The topological polar surface area (TPSA) is 141 Å². The maximum atomic E-state index is 11.1. The average Bonchev–Trinajstić information content (AvgIpc) is 2.27. The quantitative estimate of drug-likeness (QED) is 0.450. The fourth-order valence-electron chi connectivity index (χ4n) is 1.19. The second-order valence-corrected chi connectivity index (χ2v) is 6.12. The van der Waals surface area contributed by atoms with Gasteiger partial charge in [0.25, 0.3) is 5.69 Å². The van der Waals surface area contributed by atoms with Gasteiger partial charge in [0.1, 0.15) is 0 Å². The lowest BCUT2D eigenvalue weighted by Crippen LogP contribution is -2.12. The van der Waals surface area contributed by atoms with Gasteiger partial charge in [-0.1, -0.05) is 0 Å². The lowest BCUT2D eigenvalue weighted by molar-refractivity contribution is -0.388. The van der Waals surface area contributed by atoms with Gasteiger partial charge in [-0.15, -0.1) is 11.8 Å². The van der Waals surface area contributed by atoms with Crippen molar-refractivity contribution in [3.63, 3.8) is 0 Å². The van der Waals surface area contributed by atoms with E-state index in [-0.39, 0.29) is 22.0 Å². The number of aliphatic carboxylic acids is 1. The number of rotatable bonds is 6. The zero-order chi connectivity index (χ0) is 14.6. The van der Waals surface area contributed by atoms with Crippen LogP contribution in [0.5, 0.6) is 0 Å². The molecule has 0 aliphatic heterocycles. The first-order chi connectivity index (χ1) is 8.71. The second-order valence-electron chi connectivity index (χ2n) is 3.42. The highest BCUT2D eigenvalue weighted by Crippen LogP contribution is 2.31. The molecule has 0 fully saturated rings. The summed E-state index contributed by atoms with van der Waals surface area (Å²) in [7, 11) is -4.02. The molecule has 0 amide bonds. The number of nitrogens with two attached hydrogens (primary N) is 1. The van der Waals surface area contributed by atoms with E-state index in [1.54, 1.807) is 0 Å². The molecular formula is C9H10N2O6S2. The summed E-state index contributed by atoms with van der Waals surface area (Å²) < 4.78 is 22.2. The van der Waals surface area contributed by atoms with Crippen LogP contribution >= 0.6 is 11.8 Å².